The summed E-state index contributed by atoms with van der Waals surface area (Å²) in [6.45, 7) is 12.4. The Morgan fingerprint density at radius 2 is 1.00 bits per heavy atom. The predicted molar refractivity (Wildman–Crippen MR) is 90.1 cm³/mol. The van der Waals surface area contributed by atoms with E-state index < -0.39 is 0 Å². The first-order valence-electron chi connectivity index (χ1n) is 6.86. The van der Waals surface area contributed by atoms with Crippen LogP contribution in [0.4, 0.5) is 0 Å². The van der Waals surface area contributed by atoms with Crippen molar-refractivity contribution >= 4 is 40.0 Å². The van der Waals surface area contributed by atoms with Gasteiger partial charge in [-0.25, -0.2) is 0 Å². The minimum absolute atomic E-state index is 0.628. The van der Waals surface area contributed by atoms with Crippen molar-refractivity contribution in [1.82, 2.24) is 0 Å². The van der Waals surface area contributed by atoms with Crippen LogP contribution in [0, 0.1) is 41.4 Å². The maximum absolute atomic E-state index is 2.50. The number of hydrogen-bond donors (Lipinski definition) is 0. The molecule has 6 atom stereocenters. The monoisotopic (exact) mass is 499 g/mol. The summed E-state index contributed by atoms with van der Waals surface area (Å²) >= 11 is 4.74. The molecule has 0 radical (unpaired) electrons. The molecular formula is C14H26I2V. The molecule has 0 nitrogen and oxygen atoms in total. The van der Waals surface area contributed by atoms with Gasteiger partial charge in [-0.3, -0.25) is 0 Å². The van der Waals surface area contributed by atoms with Gasteiger partial charge in [-0.05, 0) is 54.3 Å². The van der Waals surface area contributed by atoms with Gasteiger partial charge in [0, 0.05) is 0 Å². The van der Waals surface area contributed by atoms with E-state index in [0.29, 0.717) is 9.47 Å². The summed E-state index contributed by atoms with van der Waals surface area (Å²) in [6.07, 6.45) is 3.01. The Morgan fingerprint density at radius 3 is 1.29 bits per heavy atom. The molecule has 0 spiro atoms. The zero-order chi connectivity index (χ0) is 13.2. The molecule has 0 aromatic heterocycles. The van der Waals surface area contributed by atoms with Gasteiger partial charge in [0.15, 0.2) is 0 Å². The van der Waals surface area contributed by atoms with Gasteiger partial charge in [-0.1, -0.05) is 34.6 Å². The van der Waals surface area contributed by atoms with Gasteiger partial charge < -0.3 is 0 Å². The van der Waals surface area contributed by atoms with Crippen LogP contribution in [0.3, 0.4) is 0 Å². The average Bonchev–Trinajstić information content (AvgIpc) is 2.67. The van der Waals surface area contributed by atoms with Crippen LogP contribution in [0.15, 0.2) is 0 Å². The molecule has 0 amide bonds. The summed E-state index contributed by atoms with van der Waals surface area (Å²) in [5.41, 5.74) is 0. The molecule has 0 aromatic carbocycles. The summed E-state index contributed by atoms with van der Waals surface area (Å²) < 4.78 is 0. The van der Waals surface area contributed by atoms with E-state index in [-0.39, 0.29) is 0 Å². The van der Waals surface area contributed by atoms with E-state index in [1.54, 1.807) is 0 Å². The van der Waals surface area contributed by atoms with E-state index in [1.807, 2.05) is 0 Å². The molecule has 3 heteroatoms. The second-order valence-corrected chi connectivity index (χ2v) is 18.2. The molecular weight excluding hydrogens is 473 g/mol. The molecule has 0 aliphatic heterocycles. The van der Waals surface area contributed by atoms with Crippen molar-refractivity contribution in [3.05, 3.63) is 0 Å². The first kappa shape index (κ1) is 17.1. The third-order valence-electron chi connectivity index (χ3n) is 5.74. The van der Waals surface area contributed by atoms with Crippen LogP contribution in [-0.4, -0.2) is 0 Å². The zero-order valence-electron chi connectivity index (χ0n) is 11.7. The molecule has 0 bridgehead atoms. The Balaban J connectivity index is 0.000000437. The van der Waals surface area contributed by atoms with E-state index in [0.717, 1.165) is 41.4 Å². The third kappa shape index (κ3) is 4.01. The van der Waals surface area contributed by atoms with Crippen LogP contribution in [0.25, 0.3) is 0 Å². The second-order valence-electron chi connectivity index (χ2n) is 6.40. The normalized spacial score (nSPS) is 49.0. The summed E-state index contributed by atoms with van der Waals surface area (Å²) in [4.78, 5) is 0. The van der Waals surface area contributed by atoms with E-state index in [4.69, 9.17) is 0 Å². The molecule has 2 aliphatic carbocycles. The van der Waals surface area contributed by atoms with Gasteiger partial charge in [-0.15, -0.1) is 0 Å². The van der Waals surface area contributed by atoms with Crippen LogP contribution in [0.1, 0.15) is 47.5 Å². The Bertz CT molecular complexity index is 212. The van der Waals surface area contributed by atoms with Crippen LogP contribution < -0.4 is 0 Å². The van der Waals surface area contributed by atoms with Crippen LogP contribution >= 0.6 is 40.0 Å². The molecule has 6 unspecified atom stereocenters. The molecule has 2 saturated carbocycles. The molecule has 2 aliphatic rings. The zero-order valence-corrected chi connectivity index (χ0v) is 17.4. The number of rotatable bonds is 0. The fraction of sp³-hybridized carbons (Fsp3) is 1.00. The molecule has 0 aromatic rings. The quantitative estimate of drug-likeness (QED) is 0.361. The molecule has 0 N–H and O–H groups in total. The molecule has 2 rings (SSSR count). The fourth-order valence-electron chi connectivity index (χ4n) is 4.32. The molecule has 2 fully saturated rings. The van der Waals surface area contributed by atoms with Crippen molar-refractivity contribution in [2.24, 2.45) is 41.4 Å². The first-order chi connectivity index (χ1) is 7.93. The SMILES string of the molecule is CC1CC2C(C)C(C)C(C)C(C)C2C1.[I][V][I]. The fourth-order valence-corrected chi connectivity index (χ4v) is 4.32. The summed E-state index contributed by atoms with van der Waals surface area (Å²) in [7, 11) is 0.628. The summed E-state index contributed by atoms with van der Waals surface area (Å²) in [6, 6.07) is 0. The Morgan fingerprint density at radius 1 is 0.706 bits per heavy atom. The first-order valence-corrected chi connectivity index (χ1v) is 15.9. The van der Waals surface area contributed by atoms with Gasteiger partial charge in [0.2, 0.25) is 0 Å². The van der Waals surface area contributed by atoms with Crippen LogP contribution in [0.5, 0.6) is 0 Å². The van der Waals surface area contributed by atoms with E-state index in [1.165, 1.54) is 12.8 Å². The number of hydrogen-bond acceptors (Lipinski definition) is 0. The molecule has 0 saturated heterocycles. The van der Waals surface area contributed by atoms with Gasteiger partial charge in [0.25, 0.3) is 0 Å². The van der Waals surface area contributed by atoms with Crippen molar-refractivity contribution in [3.8, 4) is 0 Å². The standard InChI is InChI=1S/C14H26.2HI.V/c1-8-6-13-11(4)9(2)10(3)12(5)14(13)7-8;;;/h8-14H,6-7H2,1-5H3;2*1H;/q;;;+2/p-2. The van der Waals surface area contributed by atoms with Crippen molar-refractivity contribution in [3.63, 3.8) is 0 Å². The van der Waals surface area contributed by atoms with Crippen LogP contribution in [-0.2, 0) is 9.47 Å². The maximum atomic E-state index is 2.50. The summed E-state index contributed by atoms with van der Waals surface area (Å²) in [5.74, 6) is 6.91. The average molecular weight is 499 g/mol. The number of fused-ring (bicyclic) bond motifs is 1. The van der Waals surface area contributed by atoms with Gasteiger partial charge in [0.05, 0.1) is 0 Å². The molecule has 0 heterocycles. The van der Waals surface area contributed by atoms with E-state index in [9.17, 15) is 0 Å². The van der Waals surface area contributed by atoms with Crippen molar-refractivity contribution in [1.29, 1.82) is 0 Å². The Hall–Kier alpha value is 2.04. The van der Waals surface area contributed by atoms with E-state index in [2.05, 4.69) is 74.6 Å². The number of halogens is 2. The van der Waals surface area contributed by atoms with Crippen molar-refractivity contribution < 1.29 is 9.47 Å². The Kier molecular flexibility index (Phi) is 7.77. The summed E-state index contributed by atoms with van der Waals surface area (Å²) in [5, 5.41) is 0. The minimum atomic E-state index is 0.628. The van der Waals surface area contributed by atoms with Crippen molar-refractivity contribution in [2.45, 2.75) is 47.5 Å². The van der Waals surface area contributed by atoms with Gasteiger partial charge in [0.1, 0.15) is 0 Å². The van der Waals surface area contributed by atoms with Crippen LogP contribution in [0.2, 0.25) is 0 Å². The van der Waals surface area contributed by atoms with Gasteiger partial charge >= 0.3 is 49.4 Å². The van der Waals surface area contributed by atoms with Crippen molar-refractivity contribution in [2.75, 3.05) is 0 Å². The third-order valence-corrected chi connectivity index (χ3v) is 5.74. The molecule has 17 heavy (non-hydrogen) atoms. The van der Waals surface area contributed by atoms with E-state index >= 15 is 0 Å². The predicted octanol–water partition coefficient (Wildman–Crippen LogP) is 5.98. The second kappa shape index (κ2) is 7.73. The Labute approximate surface area is 137 Å². The van der Waals surface area contributed by atoms with Gasteiger partial charge in [-0.2, -0.15) is 0 Å². The molecule has 101 valence electrons. The topological polar surface area (TPSA) is 0 Å².